The summed E-state index contributed by atoms with van der Waals surface area (Å²) in [5.74, 6) is 0. The van der Waals surface area contributed by atoms with E-state index in [2.05, 4.69) is 0 Å². The van der Waals surface area contributed by atoms with Crippen LogP contribution in [-0.4, -0.2) is 36.8 Å². The summed E-state index contributed by atoms with van der Waals surface area (Å²) < 4.78 is 26.3. The third-order valence-corrected chi connectivity index (χ3v) is 5.40. The minimum Gasteiger partial charge on any atom is -0.328 e. The monoisotopic (exact) mass is 335 g/mol. The van der Waals surface area contributed by atoms with Crippen molar-refractivity contribution in [3.05, 3.63) is 33.9 Å². The molecule has 0 amide bonds. The maximum Gasteiger partial charge on any atom is 0.272 e. The Balaban J connectivity index is 0.00000220. The largest absolute Gasteiger partial charge is 0.328 e. The molecule has 0 radical (unpaired) electrons. The summed E-state index contributed by atoms with van der Waals surface area (Å²) in [6.45, 7) is 2.31. The molecule has 118 valence electrons. The molecule has 1 aliphatic rings. The van der Waals surface area contributed by atoms with Crippen LogP contribution in [0.5, 0.6) is 0 Å². The number of hydrogen-bond donors (Lipinski definition) is 1. The van der Waals surface area contributed by atoms with Crippen molar-refractivity contribution in [3.63, 3.8) is 0 Å². The molecule has 1 aromatic carbocycles. The van der Waals surface area contributed by atoms with Gasteiger partial charge in [-0.2, -0.15) is 4.31 Å². The number of piperidine rings is 1. The van der Waals surface area contributed by atoms with Crippen LogP contribution < -0.4 is 5.73 Å². The van der Waals surface area contributed by atoms with E-state index in [1.807, 2.05) is 0 Å². The van der Waals surface area contributed by atoms with E-state index in [1.165, 1.54) is 29.4 Å². The summed E-state index contributed by atoms with van der Waals surface area (Å²) >= 11 is 0. The molecule has 1 saturated heterocycles. The molecule has 0 aliphatic carbocycles. The van der Waals surface area contributed by atoms with Gasteiger partial charge in [-0.05, 0) is 31.9 Å². The molecule has 0 atom stereocenters. The lowest BCUT2D eigenvalue weighted by atomic mass is 10.1. The van der Waals surface area contributed by atoms with E-state index in [-0.39, 0.29) is 29.0 Å². The highest BCUT2D eigenvalue weighted by Gasteiger charge is 2.29. The van der Waals surface area contributed by atoms with Gasteiger partial charge in [-0.1, -0.05) is 0 Å². The lowest BCUT2D eigenvalue weighted by molar-refractivity contribution is -0.385. The first-order chi connectivity index (χ1) is 9.32. The van der Waals surface area contributed by atoms with E-state index in [4.69, 9.17) is 5.73 Å². The summed E-state index contributed by atoms with van der Waals surface area (Å²) in [4.78, 5) is 10.3. The average Bonchev–Trinajstić information content (AvgIpc) is 2.38. The summed E-state index contributed by atoms with van der Waals surface area (Å²) in [5.41, 5.74) is 6.02. The van der Waals surface area contributed by atoms with Gasteiger partial charge in [0.05, 0.1) is 9.82 Å². The van der Waals surface area contributed by atoms with Gasteiger partial charge in [0.15, 0.2) is 0 Å². The van der Waals surface area contributed by atoms with Gasteiger partial charge in [-0.3, -0.25) is 10.1 Å². The fraction of sp³-hybridized carbons (Fsp3) is 0.500. The zero-order valence-electron chi connectivity index (χ0n) is 11.6. The molecule has 2 N–H and O–H groups in total. The zero-order valence-corrected chi connectivity index (χ0v) is 13.2. The summed E-state index contributed by atoms with van der Waals surface area (Å²) in [5, 5.41) is 10.8. The number of sulfonamides is 1. The van der Waals surface area contributed by atoms with Crippen molar-refractivity contribution >= 4 is 28.1 Å². The Morgan fingerprint density at radius 2 is 1.90 bits per heavy atom. The molecule has 7 nitrogen and oxygen atoms in total. The van der Waals surface area contributed by atoms with E-state index in [0.29, 0.717) is 31.5 Å². The van der Waals surface area contributed by atoms with Crippen LogP contribution in [-0.2, 0) is 10.0 Å². The Hall–Kier alpha value is -1.22. The SMILES string of the molecule is Cc1cc(S(=O)(=O)N2CCC(N)CC2)ccc1[N+](=O)[O-].Cl. The number of nitro groups is 1. The highest BCUT2D eigenvalue weighted by molar-refractivity contribution is 7.89. The van der Waals surface area contributed by atoms with E-state index in [0.717, 1.165) is 0 Å². The van der Waals surface area contributed by atoms with Crippen LogP contribution in [0, 0.1) is 17.0 Å². The fourth-order valence-electron chi connectivity index (χ4n) is 2.26. The van der Waals surface area contributed by atoms with Crippen LogP contribution in [0.25, 0.3) is 0 Å². The van der Waals surface area contributed by atoms with Crippen LogP contribution in [0.1, 0.15) is 18.4 Å². The van der Waals surface area contributed by atoms with E-state index < -0.39 is 14.9 Å². The molecule has 0 saturated carbocycles. The van der Waals surface area contributed by atoms with E-state index >= 15 is 0 Å². The standard InChI is InChI=1S/C12H17N3O4S.ClH/c1-9-8-11(2-3-12(9)15(16)17)20(18,19)14-6-4-10(13)5-7-14;/h2-3,8,10H,4-7,13H2,1H3;1H. The number of aryl methyl sites for hydroxylation is 1. The van der Waals surface area contributed by atoms with Crippen molar-refractivity contribution in [2.24, 2.45) is 5.73 Å². The van der Waals surface area contributed by atoms with Crippen LogP contribution in [0.3, 0.4) is 0 Å². The quantitative estimate of drug-likeness (QED) is 0.664. The Kier molecular flexibility index (Phi) is 5.68. The fourth-order valence-corrected chi connectivity index (χ4v) is 3.81. The van der Waals surface area contributed by atoms with Crippen molar-refractivity contribution in [1.82, 2.24) is 4.31 Å². The van der Waals surface area contributed by atoms with Gasteiger partial charge in [-0.25, -0.2) is 8.42 Å². The molecule has 0 unspecified atom stereocenters. The number of rotatable bonds is 3. The second-order valence-corrected chi connectivity index (χ2v) is 6.88. The van der Waals surface area contributed by atoms with Crippen molar-refractivity contribution in [3.8, 4) is 0 Å². The second kappa shape index (κ2) is 6.69. The summed E-state index contributed by atoms with van der Waals surface area (Å²) in [6.07, 6.45) is 1.26. The van der Waals surface area contributed by atoms with Gasteiger partial charge in [-0.15, -0.1) is 12.4 Å². The molecule has 2 rings (SSSR count). The zero-order chi connectivity index (χ0) is 14.9. The van der Waals surface area contributed by atoms with Gasteiger partial charge >= 0.3 is 0 Å². The van der Waals surface area contributed by atoms with Crippen molar-refractivity contribution in [1.29, 1.82) is 0 Å². The third kappa shape index (κ3) is 3.70. The molecule has 0 aromatic heterocycles. The topological polar surface area (TPSA) is 107 Å². The third-order valence-electron chi connectivity index (χ3n) is 3.50. The summed E-state index contributed by atoms with van der Waals surface area (Å²) in [7, 11) is -3.60. The number of hydrogen-bond acceptors (Lipinski definition) is 5. The molecule has 0 bridgehead atoms. The van der Waals surface area contributed by atoms with Crippen molar-refractivity contribution < 1.29 is 13.3 Å². The molecule has 1 heterocycles. The minimum absolute atomic E-state index is 0. The predicted octanol–water partition coefficient (Wildman–Crippen LogP) is 1.44. The number of benzene rings is 1. The number of halogens is 1. The van der Waals surface area contributed by atoms with Crippen molar-refractivity contribution in [2.75, 3.05) is 13.1 Å². The van der Waals surface area contributed by atoms with Gasteiger partial charge in [0, 0.05) is 30.8 Å². The van der Waals surface area contributed by atoms with Crippen LogP contribution in [0.2, 0.25) is 0 Å². The lowest BCUT2D eigenvalue weighted by Gasteiger charge is -2.29. The number of nitrogens with two attached hydrogens (primary N) is 1. The molecule has 1 aromatic rings. The van der Waals surface area contributed by atoms with Crippen LogP contribution in [0.4, 0.5) is 5.69 Å². The van der Waals surface area contributed by atoms with Crippen LogP contribution in [0.15, 0.2) is 23.1 Å². The van der Waals surface area contributed by atoms with Gasteiger partial charge in [0.25, 0.3) is 5.69 Å². The maximum atomic E-state index is 12.4. The Labute approximate surface area is 129 Å². The molecule has 1 fully saturated rings. The maximum absolute atomic E-state index is 12.4. The van der Waals surface area contributed by atoms with Gasteiger partial charge < -0.3 is 5.73 Å². The van der Waals surface area contributed by atoms with Crippen molar-refractivity contribution in [2.45, 2.75) is 30.7 Å². The molecular weight excluding hydrogens is 318 g/mol. The highest BCUT2D eigenvalue weighted by Crippen LogP contribution is 2.25. The normalized spacial score (nSPS) is 17.2. The number of nitro benzene ring substituents is 1. The molecule has 9 heteroatoms. The van der Waals surface area contributed by atoms with Crippen LogP contribution >= 0.6 is 12.4 Å². The predicted molar refractivity (Wildman–Crippen MR) is 81.0 cm³/mol. The number of nitrogens with zero attached hydrogens (tertiary/aromatic N) is 2. The molecule has 21 heavy (non-hydrogen) atoms. The first-order valence-corrected chi connectivity index (χ1v) is 7.77. The highest BCUT2D eigenvalue weighted by atomic mass is 35.5. The molecule has 1 aliphatic heterocycles. The summed E-state index contributed by atoms with van der Waals surface area (Å²) in [6, 6.07) is 3.91. The molecule has 0 spiro atoms. The first-order valence-electron chi connectivity index (χ1n) is 6.33. The Bertz CT molecular complexity index is 627. The minimum atomic E-state index is -3.60. The lowest BCUT2D eigenvalue weighted by Crippen LogP contribution is -2.42. The molecular formula is C12H18ClN3O4S. The van der Waals surface area contributed by atoms with Gasteiger partial charge in [0.1, 0.15) is 0 Å². The Morgan fingerprint density at radius 3 is 2.38 bits per heavy atom. The Morgan fingerprint density at radius 1 is 1.33 bits per heavy atom. The average molecular weight is 336 g/mol. The smallest absolute Gasteiger partial charge is 0.272 e. The van der Waals surface area contributed by atoms with E-state index in [1.54, 1.807) is 0 Å². The van der Waals surface area contributed by atoms with E-state index in [9.17, 15) is 18.5 Å². The first kappa shape index (κ1) is 17.8. The van der Waals surface area contributed by atoms with Gasteiger partial charge in [0.2, 0.25) is 10.0 Å². The second-order valence-electron chi connectivity index (χ2n) is 4.95.